The van der Waals surface area contributed by atoms with Crippen LogP contribution in [0.4, 0.5) is 14.7 Å². The highest BCUT2D eigenvalue weighted by molar-refractivity contribution is 6.02. The van der Waals surface area contributed by atoms with Gasteiger partial charge in [0.2, 0.25) is 5.88 Å². The first kappa shape index (κ1) is 13.9. The Morgan fingerprint density at radius 3 is 2.64 bits per heavy atom. The summed E-state index contributed by atoms with van der Waals surface area (Å²) in [6.07, 6.45) is 1.13. The first-order valence-corrected chi connectivity index (χ1v) is 6.19. The molecule has 22 heavy (non-hydrogen) atoms. The number of aromatic nitrogens is 2. The highest BCUT2D eigenvalue weighted by Gasteiger charge is 2.19. The number of nitrogens with one attached hydrogen (secondary N) is 1. The summed E-state index contributed by atoms with van der Waals surface area (Å²) in [7, 11) is 0. The van der Waals surface area contributed by atoms with Crippen molar-refractivity contribution in [2.45, 2.75) is 6.92 Å². The summed E-state index contributed by atoms with van der Waals surface area (Å²) in [5, 5.41) is 5.93. The third kappa shape index (κ3) is 2.46. The zero-order valence-electron chi connectivity index (χ0n) is 11.3. The molecule has 0 aliphatic heterocycles. The molecular weight excluding hydrogens is 296 g/mol. The van der Waals surface area contributed by atoms with Crippen molar-refractivity contribution in [3.63, 3.8) is 0 Å². The SMILES string of the molecule is Cc1ocnc1C(=O)Nc1cc(-c2c(F)cccc2F)no1. The molecule has 0 fully saturated rings. The van der Waals surface area contributed by atoms with E-state index in [2.05, 4.69) is 15.5 Å². The van der Waals surface area contributed by atoms with Crippen LogP contribution in [0.25, 0.3) is 11.3 Å². The molecule has 0 atom stereocenters. The Hall–Kier alpha value is -3.03. The van der Waals surface area contributed by atoms with Crippen molar-refractivity contribution in [3.05, 3.63) is 53.7 Å². The Bertz CT molecular complexity index is 821. The van der Waals surface area contributed by atoms with E-state index in [0.717, 1.165) is 18.5 Å². The zero-order valence-corrected chi connectivity index (χ0v) is 11.3. The first-order chi connectivity index (χ1) is 10.6. The molecular formula is C14H9F2N3O3. The van der Waals surface area contributed by atoms with Gasteiger partial charge in [-0.1, -0.05) is 11.2 Å². The fourth-order valence-corrected chi connectivity index (χ4v) is 1.89. The van der Waals surface area contributed by atoms with Crippen LogP contribution in [0, 0.1) is 18.6 Å². The number of anilines is 1. The van der Waals surface area contributed by atoms with Crippen LogP contribution in [0.15, 0.2) is 39.6 Å². The predicted molar refractivity (Wildman–Crippen MR) is 71.0 cm³/mol. The predicted octanol–water partition coefficient (Wildman–Crippen LogP) is 3.17. The van der Waals surface area contributed by atoms with Gasteiger partial charge in [0, 0.05) is 6.07 Å². The van der Waals surface area contributed by atoms with E-state index in [1.165, 1.54) is 12.1 Å². The summed E-state index contributed by atoms with van der Waals surface area (Å²) in [5.41, 5.74) is -0.317. The number of halogens is 2. The monoisotopic (exact) mass is 305 g/mol. The van der Waals surface area contributed by atoms with Gasteiger partial charge in [-0.05, 0) is 19.1 Å². The summed E-state index contributed by atoms with van der Waals surface area (Å²) in [6, 6.07) is 4.66. The summed E-state index contributed by atoms with van der Waals surface area (Å²) in [6.45, 7) is 1.57. The number of hydrogen-bond donors (Lipinski definition) is 1. The lowest BCUT2D eigenvalue weighted by Crippen LogP contribution is -2.12. The topological polar surface area (TPSA) is 81.2 Å². The van der Waals surface area contributed by atoms with Crippen molar-refractivity contribution in [2.24, 2.45) is 0 Å². The number of carbonyl (C=O) groups excluding carboxylic acids is 1. The lowest BCUT2D eigenvalue weighted by Gasteiger charge is -1.99. The van der Waals surface area contributed by atoms with Crippen molar-refractivity contribution in [1.82, 2.24) is 10.1 Å². The minimum Gasteiger partial charge on any atom is -0.448 e. The Labute approximate surface area is 122 Å². The summed E-state index contributed by atoms with van der Waals surface area (Å²) >= 11 is 0. The second-order valence-corrected chi connectivity index (χ2v) is 4.38. The normalized spacial score (nSPS) is 10.7. The van der Waals surface area contributed by atoms with E-state index >= 15 is 0 Å². The van der Waals surface area contributed by atoms with Crippen molar-refractivity contribution in [1.29, 1.82) is 0 Å². The fraction of sp³-hybridized carbons (Fsp3) is 0.0714. The number of aryl methyl sites for hydroxylation is 1. The lowest BCUT2D eigenvalue weighted by molar-refractivity contribution is 0.101. The molecule has 1 amide bonds. The largest absolute Gasteiger partial charge is 0.448 e. The van der Waals surface area contributed by atoms with E-state index in [9.17, 15) is 13.6 Å². The number of hydrogen-bond acceptors (Lipinski definition) is 5. The molecule has 0 saturated carbocycles. The van der Waals surface area contributed by atoms with Crippen LogP contribution in [-0.4, -0.2) is 16.0 Å². The molecule has 2 heterocycles. The summed E-state index contributed by atoms with van der Waals surface area (Å²) in [5.74, 6) is -1.87. The molecule has 1 N–H and O–H groups in total. The molecule has 112 valence electrons. The highest BCUT2D eigenvalue weighted by atomic mass is 19.1. The van der Waals surface area contributed by atoms with Gasteiger partial charge in [-0.2, -0.15) is 0 Å². The second kappa shape index (κ2) is 5.40. The molecule has 8 heteroatoms. The van der Waals surface area contributed by atoms with Gasteiger partial charge in [0.25, 0.3) is 5.91 Å². The Morgan fingerprint density at radius 1 is 1.27 bits per heavy atom. The van der Waals surface area contributed by atoms with Gasteiger partial charge < -0.3 is 8.94 Å². The molecule has 1 aromatic carbocycles. The van der Waals surface area contributed by atoms with E-state index in [-0.39, 0.29) is 22.8 Å². The molecule has 0 saturated heterocycles. The van der Waals surface area contributed by atoms with E-state index < -0.39 is 17.5 Å². The average molecular weight is 305 g/mol. The molecule has 3 aromatic rings. The van der Waals surface area contributed by atoms with Crippen LogP contribution in [0.2, 0.25) is 0 Å². The Kier molecular flexibility index (Phi) is 3.42. The minimum absolute atomic E-state index is 0.0648. The van der Waals surface area contributed by atoms with Crippen LogP contribution in [-0.2, 0) is 0 Å². The quantitative estimate of drug-likeness (QED) is 0.803. The van der Waals surface area contributed by atoms with Gasteiger partial charge in [0.15, 0.2) is 12.1 Å². The van der Waals surface area contributed by atoms with Gasteiger partial charge >= 0.3 is 0 Å². The number of carbonyl (C=O) groups is 1. The van der Waals surface area contributed by atoms with Gasteiger partial charge in [-0.15, -0.1) is 0 Å². The number of rotatable bonds is 3. The van der Waals surface area contributed by atoms with Crippen LogP contribution in [0.5, 0.6) is 0 Å². The molecule has 2 aromatic heterocycles. The third-order valence-electron chi connectivity index (χ3n) is 2.93. The first-order valence-electron chi connectivity index (χ1n) is 6.19. The minimum atomic E-state index is -0.779. The van der Waals surface area contributed by atoms with Gasteiger partial charge in [-0.3, -0.25) is 10.1 Å². The lowest BCUT2D eigenvalue weighted by atomic mass is 10.1. The maximum atomic E-state index is 13.7. The van der Waals surface area contributed by atoms with E-state index in [1.54, 1.807) is 6.92 Å². The van der Waals surface area contributed by atoms with Crippen LogP contribution >= 0.6 is 0 Å². The molecule has 0 radical (unpaired) electrons. The molecule has 0 spiro atoms. The number of amides is 1. The van der Waals surface area contributed by atoms with Crippen molar-refractivity contribution < 1.29 is 22.5 Å². The molecule has 0 aliphatic carbocycles. The molecule has 6 nitrogen and oxygen atoms in total. The number of nitrogens with zero attached hydrogens (tertiary/aromatic N) is 2. The number of oxazole rings is 1. The van der Waals surface area contributed by atoms with Crippen molar-refractivity contribution in [2.75, 3.05) is 5.32 Å². The average Bonchev–Trinajstić information content (AvgIpc) is 3.08. The van der Waals surface area contributed by atoms with E-state index in [0.29, 0.717) is 5.76 Å². The van der Waals surface area contributed by atoms with E-state index in [1.807, 2.05) is 0 Å². The van der Waals surface area contributed by atoms with E-state index in [4.69, 9.17) is 8.94 Å². The van der Waals surface area contributed by atoms with Crippen LogP contribution in [0.3, 0.4) is 0 Å². The highest BCUT2D eigenvalue weighted by Crippen LogP contribution is 2.27. The smallest absolute Gasteiger partial charge is 0.280 e. The van der Waals surface area contributed by atoms with Crippen LogP contribution < -0.4 is 5.32 Å². The maximum absolute atomic E-state index is 13.7. The molecule has 3 rings (SSSR count). The van der Waals surface area contributed by atoms with Crippen LogP contribution in [0.1, 0.15) is 16.2 Å². The van der Waals surface area contributed by atoms with Crippen molar-refractivity contribution in [3.8, 4) is 11.3 Å². The molecule has 0 aliphatic rings. The Morgan fingerprint density at radius 2 is 2.00 bits per heavy atom. The van der Waals surface area contributed by atoms with Gasteiger partial charge in [0.1, 0.15) is 23.1 Å². The summed E-state index contributed by atoms with van der Waals surface area (Å²) in [4.78, 5) is 15.7. The standard InChI is InChI=1S/C14H9F2N3O3/c1-7-13(17-6-21-7)14(20)18-11-5-10(19-22-11)12-8(15)3-2-4-9(12)16/h2-6H,1H3,(H,18,20). The summed E-state index contributed by atoms with van der Waals surface area (Å²) < 4.78 is 37.1. The molecule has 0 bridgehead atoms. The fourth-order valence-electron chi connectivity index (χ4n) is 1.89. The number of benzene rings is 1. The zero-order chi connectivity index (χ0) is 15.7. The third-order valence-corrected chi connectivity index (χ3v) is 2.93. The van der Waals surface area contributed by atoms with Crippen molar-refractivity contribution >= 4 is 11.8 Å². The second-order valence-electron chi connectivity index (χ2n) is 4.38. The van der Waals surface area contributed by atoms with Gasteiger partial charge in [0.05, 0.1) is 5.56 Å². The van der Waals surface area contributed by atoms with Gasteiger partial charge in [-0.25, -0.2) is 13.8 Å². The maximum Gasteiger partial charge on any atom is 0.280 e. The Balaban J connectivity index is 1.86. The molecule has 0 unspecified atom stereocenters.